The van der Waals surface area contributed by atoms with Crippen molar-refractivity contribution >= 4 is 23.5 Å². The molecule has 22 heavy (non-hydrogen) atoms. The van der Waals surface area contributed by atoms with Gasteiger partial charge in [0.05, 0.1) is 11.0 Å². The summed E-state index contributed by atoms with van der Waals surface area (Å²) >= 11 is 1.60. The highest BCUT2D eigenvalue weighted by atomic mass is 32.2. The van der Waals surface area contributed by atoms with E-state index in [1.165, 1.54) is 0 Å². The number of nitrogens with zero attached hydrogens (tertiary/aromatic N) is 1. The Morgan fingerprint density at radius 1 is 1.45 bits per heavy atom. The van der Waals surface area contributed by atoms with Gasteiger partial charge in [0.1, 0.15) is 12.4 Å². The summed E-state index contributed by atoms with van der Waals surface area (Å²) in [4.78, 5) is 11.8. The number of benzene rings is 1. The molecule has 2 aromatic rings. The number of amides is 1. The summed E-state index contributed by atoms with van der Waals surface area (Å²) in [7, 11) is 0. The van der Waals surface area contributed by atoms with E-state index < -0.39 is 0 Å². The maximum atomic E-state index is 11.8. The van der Waals surface area contributed by atoms with Crippen LogP contribution in [0.5, 0.6) is 5.75 Å². The summed E-state index contributed by atoms with van der Waals surface area (Å²) in [6.45, 7) is 6.09. The van der Waals surface area contributed by atoms with Crippen LogP contribution in [0.1, 0.15) is 22.1 Å². The van der Waals surface area contributed by atoms with Gasteiger partial charge < -0.3 is 10.1 Å². The summed E-state index contributed by atoms with van der Waals surface area (Å²) in [5.74, 6) is 1.83. The molecule has 3 rings (SSSR count). The summed E-state index contributed by atoms with van der Waals surface area (Å²) in [5.41, 5.74) is 3.13. The van der Waals surface area contributed by atoms with Crippen LogP contribution in [0.15, 0.2) is 36.9 Å². The zero-order valence-electron chi connectivity index (χ0n) is 12.3. The van der Waals surface area contributed by atoms with Crippen LogP contribution in [0.4, 0.5) is 5.82 Å². The third kappa shape index (κ3) is 2.87. The van der Waals surface area contributed by atoms with E-state index in [9.17, 15) is 4.79 Å². The molecule has 1 unspecified atom stereocenters. The van der Waals surface area contributed by atoms with E-state index in [0.717, 1.165) is 22.6 Å². The van der Waals surface area contributed by atoms with Crippen LogP contribution in [0.2, 0.25) is 0 Å². The van der Waals surface area contributed by atoms with Crippen LogP contribution in [-0.4, -0.2) is 28.5 Å². The standard InChI is InChI=1S/C16H17N3O2S/c1-3-8-21-12-6-4-11(5-7-12)15-14-10(2)18-19-16(14)17-13(20)9-22-15/h3-7,15H,1,8-9H2,2H3,(H2,17,18,19,20). The Bertz CT molecular complexity index is 694. The van der Waals surface area contributed by atoms with Crippen molar-refractivity contribution in [2.45, 2.75) is 12.2 Å². The normalized spacial score (nSPS) is 17.3. The summed E-state index contributed by atoms with van der Waals surface area (Å²) in [6, 6.07) is 7.94. The predicted molar refractivity (Wildman–Crippen MR) is 88.4 cm³/mol. The smallest absolute Gasteiger partial charge is 0.235 e. The summed E-state index contributed by atoms with van der Waals surface area (Å²) in [6.07, 6.45) is 1.72. The number of H-pyrrole nitrogens is 1. The van der Waals surface area contributed by atoms with Crippen LogP contribution in [0, 0.1) is 6.92 Å². The minimum Gasteiger partial charge on any atom is -0.490 e. The van der Waals surface area contributed by atoms with Gasteiger partial charge in [0.25, 0.3) is 0 Å². The van der Waals surface area contributed by atoms with Crippen LogP contribution >= 0.6 is 11.8 Å². The highest BCUT2D eigenvalue weighted by Crippen LogP contribution is 2.42. The molecule has 2 N–H and O–H groups in total. The maximum absolute atomic E-state index is 11.8. The third-order valence-corrected chi connectivity index (χ3v) is 4.72. The van der Waals surface area contributed by atoms with Gasteiger partial charge in [-0.2, -0.15) is 5.10 Å². The van der Waals surface area contributed by atoms with Gasteiger partial charge in [-0.15, -0.1) is 11.8 Å². The first-order chi connectivity index (χ1) is 10.7. The molecule has 1 atom stereocenters. The molecule has 0 saturated heterocycles. The van der Waals surface area contributed by atoms with Crippen LogP contribution in [0.3, 0.4) is 0 Å². The van der Waals surface area contributed by atoms with Gasteiger partial charge in [-0.25, -0.2) is 0 Å². The Morgan fingerprint density at radius 2 is 2.23 bits per heavy atom. The first kappa shape index (κ1) is 14.7. The number of thioether (sulfide) groups is 1. The monoisotopic (exact) mass is 315 g/mol. The summed E-state index contributed by atoms with van der Waals surface area (Å²) < 4.78 is 5.51. The molecule has 114 valence electrons. The quantitative estimate of drug-likeness (QED) is 0.851. The number of aryl methyl sites for hydroxylation is 1. The highest BCUT2D eigenvalue weighted by Gasteiger charge is 2.28. The van der Waals surface area contributed by atoms with E-state index in [-0.39, 0.29) is 11.2 Å². The highest BCUT2D eigenvalue weighted by molar-refractivity contribution is 8.00. The lowest BCUT2D eigenvalue weighted by molar-refractivity contribution is -0.113. The molecular formula is C16H17N3O2S. The lowest BCUT2D eigenvalue weighted by atomic mass is 10.0. The second-order valence-electron chi connectivity index (χ2n) is 5.02. The molecule has 2 heterocycles. The molecule has 5 nitrogen and oxygen atoms in total. The molecule has 0 aliphatic carbocycles. The Labute approximate surface area is 133 Å². The molecule has 0 spiro atoms. The Morgan fingerprint density at radius 3 is 2.95 bits per heavy atom. The number of aromatic nitrogens is 2. The van der Waals surface area contributed by atoms with Gasteiger partial charge >= 0.3 is 0 Å². The van der Waals surface area contributed by atoms with Crippen molar-refractivity contribution in [1.29, 1.82) is 0 Å². The second-order valence-corrected chi connectivity index (χ2v) is 6.11. The average molecular weight is 315 g/mol. The van der Waals surface area contributed by atoms with E-state index in [4.69, 9.17) is 4.74 Å². The molecule has 1 aliphatic rings. The van der Waals surface area contributed by atoms with Crippen molar-refractivity contribution in [3.05, 3.63) is 53.7 Å². The van der Waals surface area contributed by atoms with Gasteiger partial charge in [0.2, 0.25) is 5.91 Å². The maximum Gasteiger partial charge on any atom is 0.235 e. The van der Waals surface area contributed by atoms with Gasteiger partial charge in [-0.05, 0) is 24.6 Å². The number of hydrogen-bond acceptors (Lipinski definition) is 4. The molecule has 1 aliphatic heterocycles. The minimum atomic E-state index is -0.0220. The van der Waals surface area contributed by atoms with Crippen molar-refractivity contribution in [2.75, 3.05) is 17.7 Å². The molecule has 0 saturated carbocycles. The second kappa shape index (κ2) is 6.27. The van der Waals surface area contributed by atoms with E-state index in [2.05, 4.69) is 22.1 Å². The van der Waals surface area contributed by atoms with Crippen molar-refractivity contribution in [3.63, 3.8) is 0 Å². The largest absolute Gasteiger partial charge is 0.490 e. The van der Waals surface area contributed by atoms with Crippen LogP contribution < -0.4 is 10.1 Å². The fourth-order valence-electron chi connectivity index (χ4n) is 2.42. The fraction of sp³-hybridized carbons (Fsp3) is 0.250. The number of carbonyl (C=O) groups is 1. The number of nitrogens with one attached hydrogen (secondary N) is 2. The average Bonchev–Trinajstić information content (AvgIpc) is 2.78. The molecule has 0 bridgehead atoms. The Hall–Kier alpha value is -2.21. The molecular weight excluding hydrogens is 298 g/mol. The molecule has 1 aromatic carbocycles. The topological polar surface area (TPSA) is 67.0 Å². The number of hydrogen-bond donors (Lipinski definition) is 2. The number of rotatable bonds is 4. The molecule has 6 heteroatoms. The first-order valence-electron chi connectivity index (χ1n) is 6.99. The number of anilines is 1. The van der Waals surface area contributed by atoms with Crippen LogP contribution in [0.25, 0.3) is 0 Å². The van der Waals surface area contributed by atoms with E-state index in [1.54, 1.807) is 17.8 Å². The van der Waals surface area contributed by atoms with Gasteiger partial charge in [0.15, 0.2) is 5.82 Å². The molecule has 0 fully saturated rings. The molecule has 1 aromatic heterocycles. The van der Waals surface area contributed by atoms with Crippen LogP contribution in [-0.2, 0) is 4.79 Å². The van der Waals surface area contributed by atoms with Crippen molar-refractivity contribution in [3.8, 4) is 5.75 Å². The lowest BCUT2D eigenvalue weighted by Crippen LogP contribution is -2.12. The molecule has 0 radical (unpaired) electrons. The van der Waals surface area contributed by atoms with Gasteiger partial charge in [-0.1, -0.05) is 24.8 Å². The summed E-state index contributed by atoms with van der Waals surface area (Å²) in [5, 5.41) is 10.1. The predicted octanol–water partition coefficient (Wildman–Crippen LogP) is 3.06. The minimum absolute atomic E-state index is 0.0220. The zero-order chi connectivity index (χ0) is 15.5. The van der Waals surface area contributed by atoms with Gasteiger partial charge in [0, 0.05) is 11.3 Å². The molecule has 1 amide bonds. The van der Waals surface area contributed by atoms with Crippen molar-refractivity contribution < 1.29 is 9.53 Å². The Balaban J connectivity index is 1.91. The fourth-order valence-corrected chi connectivity index (χ4v) is 3.62. The van der Waals surface area contributed by atoms with E-state index in [0.29, 0.717) is 18.2 Å². The Kier molecular flexibility index (Phi) is 4.20. The zero-order valence-corrected chi connectivity index (χ0v) is 13.1. The van der Waals surface area contributed by atoms with Crippen molar-refractivity contribution in [1.82, 2.24) is 10.2 Å². The third-order valence-electron chi connectivity index (χ3n) is 3.45. The van der Waals surface area contributed by atoms with E-state index >= 15 is 0 Å². The van der Waals surface area contributed by atoms with E-state index in [1.807, 2.05) is 31.2 Å². The lowest BCUT2D eigenvalue weighted by Gasteiger charge is -2.15. The van der Waals surface area contributed by atoms with Gasteiger partial charge in [-0.3, -0.25) is 9.89 Å². The number of aromatic amines is 1. The SMILES string of the molecule is C=CCOc1ccc(C2SCC(=O)Nc3n[nH]c(C)c32)cc1. The first-order valence-corrected chi connectivity index (χ1v) is 8.04. The van der Waals surface area contributed by atoms with Crippen molar-refractivity contribution in [2.24, 2.45) is 0 Å². The number of fused-ring (bicyclic) bond motifs is 1. The number of ether oxygens (including phenoxy) is 1. The number of carbonyl (C=O) groups excluding carboxylic acids is 1.